The van der Waals surface area contributed by atoms with Gasteiger partial charge in [0.1, 0.15) is 0 Å². The van der Waals surface area contributed by atoms with Crippen LogP contribution in [0.15, 0.2) is 6.07 Å². The molecule has 1 unspecified atom stereocenters. The fourth-order valence-electron chi connectivity index (χ4n) is 2.74. The maximum Gasteiger partial charge on any atom is 0.209 e. The first-order valence-electron chi connectivity index (χ1n) is 6.33. The summed E-state index contributed by atoms with van der Waals surface area (Å²) in [6, 6.07) is 2.27. The van der Waals surface area contributed by atoms with E-state index >= 15 is 0 Å². The normalized spacial score (nSPS) is 19.8. The summed E-state index contributed by atoms with van der Waals surface area (Å²) in [4.78, 5) is 0. The van der Waals surface area contributed by atoms with Crippen molar-refractivity contribution in [3.05, 3.63) is 23.0 Å². The van der Waals surface area contributed by atoms with Gasteiger partial charge in [0.15, 0.2) is 0 Å². The molecule has 0 saturated heterocycles. The third-order valence-corrected chi connectivity index (χ3v) is 4.45. The van der Waals surface area contributed by atoms with Gasteiger partial charge in [-0.3, -0.25) is 0 Å². The van der Waals surface area contributed by atoms with Gasteiger partial charge in [-0.1, -0.05) is 0 Å². The van der Waals surface area contributed by atoms with Crippen molar-refractivity contribution in [3.8, 4) is 0 Å². The molecule has 1 aliphatic carbocycles. The molecule has 6 heteroatoms. The van der Waals surface area contributed by atoms with Crippen molar-refractivity contribution in [2.75, 3.05) is 5.75 Å². The quantitative estimate of drug-likeness (QED) is 0.849. The summed E-state index contributed by atoms with van der Waals surface area (Å²) in [5, 5.41) is 5.02. The van der Waals surface area contributed by atoms with E-state index in [1.54, 1.807) is 0 Å². The Morgan fingerprint density at radius 2 is 2.22 bits per heavy atom. The highest BCUT2D eigenvalue weighted by molar-refractivity contribution is 7.89. The van der Waals surface area contributed by atoms with Gasteiger partial charge in [0, 0.05) is 24.0 Å². The Hall–Kier alpha value is -0.850. The van der Waals surface area contributed by atoms with E-state index in [9.17, 15) is 8.42 Å². The molecule has 1 aliphatic rings. The van der Waals surface area contributed by atoms with Gasteiger partial charge >= 0.3 is 0 Å². The smallest absolute Gasteiger partial charge is 0.209 e. The summed E-state index contributed by atoms with van der Waals surface area (Å²) in [6.45, 7) is 2.74. The second-order valence-electron chi connectivity index (χ2n) is 5.06. The number of nitrogens with zero attached hydrogens (tertiary/aromatic N) is 1. The lowest BCUT2D eigenvalue weighted by atomic mass is 9.93. The molecule has 102 valence electrons. The van der Waals surface area contributed by atoms with E-state index in [1.807, 2.05) is 6.92 Å². The molecule has 0 fully saturated rings. The minimum atomic E-state index is -3.36. The lowest BCUT2D eigenvalue weighted by molar-refractivity contribution is 0.532. The van der Waals surface area contributed by atoms with Crippen LogP contribution >= 0.6 is 0 Å². The van der Waals surface area contributed by atoms with Gasteiger partial charge in [-0.15, -0.1) is 0 Å². The summed E-state index contributed by atoms with van der Waals surface area (Å²) < 4.78 is 24.1. The number of hydrogen-bond donors (Lipinski definition) is 2. The zero-order valence-electron chi connectivity index (χ0n) is 10.7. The number of nitrogens with two attached hydrogens (primary N) is 2. The van der Waals surface area contributed by atoms with Crippen LogP contribution in [-0.2, 0) is 23.0 Å². The first kappa shape index (κ1) is 13.6. The standard InChI is InChI=1S/C12H21N3O2S/c1-9-8-10-11(13)4-2-5-12(10)15(9)6-3-7-18(14,16)17/h8,11H,2-7,13H2,1H3,(H2,14,16,17). The number of sulfonamides is 1. The molecular weight excluding hydrogens is 250 g/mol. The third kappa shape index (κ3) is 2.93. The Balaban J connectivity index is 2.14. The fraction of sp³-hybridized carbons (Fsp3) is 0.667. The van der Waals surface area contributed by atoms with Crippen LogP contribution in [0.5, 0.6) is 0 Å². The van der Waals surface area contributed by atoms with Gasteiger partial charge in [0.2, 0.25) is 10.0 Å². The van der Waals surface area contributed by atoms with Gasteiger partial charge in [-0.05, 0) is 44.2 Å². The summed E-state index contributed by atoms with van der Waals surface area (Å²) in [7, 11) is -3.36. The maximum absolute atomic E-state index is 10.9. The molecule has 1 heterocycles. The van der Waals surface area contributed by atoms with Gasteiger partial charge in [-0.2, -0.15) is 0 Å². The molecule has 0 saturated carbocycles. The lowest BCUT2D eigenvalue weighted by Crippen LogP contribution is -2.20. The van der Waals surface area contributed by atoms with E-state index in [1.165, 1.54) is 11.3 Å². The summed E-state index contributed by atoms with van der Waals surface area (Å²) in [5.74, 6) is 0.0332. The molecule has 5 nitrogen and oxygen atoms in total. The molecule has 1 aromatic heterocycles. The van der Waals surface area contributed by atoms with Crippen LogP contribution in [0.4, 0.5) is 0 Å². The van der Waals surface area contributed by atoms with Crippen LogP contribution in [0.25, 0.3) is 0 Å². The van der Waals surface area contributed by atoms with E-state index in [0.717, 1.165) is 25.0 Å². The van der Waals surface area contributed by atoms with Crippen molar-refractivity contribution < 1.29 is 8.42 Å². The molecule has 1 aromatic rings. The molecule has 0 spiro atoms. The molecule has 0 amide bonds. The second kappa shape index (κ2) is 5.03. The average Bonchev–Trinajstić information content (AvgIpc) is 2.56. The van der Waals surface area contributed by atoms with E-state index in [-0.39, 0.29) is 11.8 Å². The predicted octanol–water partition coefficient (Wildman–Crippen LogP) is 0.811. The van der Waals surface area contributed by atoms with Gasteiger partial charge < -0.3 is 10.3 Å². The van der Waals surface area contributed by atoms with E-state index in [4.69, 9.17) is 10.9 Å². The number of aryl methyl sites for hydroxylation is 1. The number of primary sulfonamides is 1. The molecule has 2 rings (SSSR count). The van der Waals surface area contributed by atoms with Crippen molar-refractivity contribution in [3.63, 3.8) is 0 Å². The minimum Gasteiger partial charge on any atom is -0.349 e. The van der Waals surface area contributed by atoms with Crippen molar-refractivity contribution in [1.82, 2.24) is 4.57 Å². The topological polar surface area (TPSA) is 91.1 Å². The second-order valence-corrected chi connectivity index (χ2v) is 6.79. The Morgan fingerprint density at radius 3 is 2.89 bits per heavy atom. The monoisotopic (exact) mass is 271 g/mol. The summed E-state index contributed by atoms with van der Waals surface area (Å²) in [6.07, 6.45) is 3.72. The number of rotatable bonds is 4. The predicted molar refractivity (Wildman–Crippen MR) is 71.6 cm³/mol. The largest absolute Gasteiger partial charge is 0.349 e. The zero-order chi connectivity index (χ0) is 13.3. The highest BCUT2D eigenvalue weighted by Gasteiger charge is 2.21. The molecule has 4 N–H and O–H groups in total. The zero-order valence-corrected chi connectivity index (χ0v) is 11.5. The van der Waals surface area contributed by atoms with Crippen molar-refractivity contribution in [2.45, 2.75) is 45.2 Å². The molecule has 0 aliphatic heterocycles. The summed E-state index contributed by atoms with van der Waals surface area (Å²) >= 11 is 0. The van der Waals surface area contributed by atoms with Crippen molar-refractivity contribution >= 4 is 10.0 Å². The highest BCUT2D eigenvalue weighted by Crippen LogP contribution is 2.30. The maximum atomic E-state index is 10.9. The average molecular weight is 271 g/mol. The molecule has 18 heavy (non-hydrogen) atoms. The van der Waals surface area contributed by atoms with Gasteiger partial charge in [-0.25, -0.2) is 13.6 Å². The SMILES string of the molecule is Cc1cc2c(n1CCCS(N)(=O)=O)CCCC2N. The Bertz CT molecular complexity index is 534. The van der Waals surface area contributed by atoms with Gasteiger partial charge in [0.25, 0.3) is 0 Å². The fourth-order valence-corrected chi connectivity index (χ4v) is 3.27. The van der Waals surface area contributed by atoms with Crippen molar-refractivity contribution in [2.24, 2.45) is 10.9 Å². The van der Waals surface area contributed by atoms with Crippen molar-refractivity contribution in [1.29, 1.82) is 0 Å². The number of fused-ring (bicyclic) bond motifs is 1. The Kier molecular flexibility index (Phi) is 3.79. The molecule has 0 radical (unpaired) electrons. The minimum absolute atomic E-state index is 0.0332. The Morgan fingerprint density at radius 1 is 1.50 bits per heavy atom. The van der Waals surface area contributed by atoms with Crippen LogP contribution in [-0.4, -0.2) is 18.7 Å². The van der Waals surface area contributed by atoms with Crippen LogP contribution in [0.2, 0.25) is 0 Å². The Labute approximate surface area is 108 Å². The van der Waals surface area contributed by atoms with Crippen LogP contribution in [0.1, 0.15) is 42.3 Å². The van der Waals surface area contributed by atoms with Gasteiger partial charge in [0.05, 0.1) is 5.75 Å². The van der Waals surface area contributed by atoms with Crippen LogP contribution in [0, 0.1) is 6.92 Å². The molecular formula is C12H21N3O2S. The number of aromatic nitrogens is 1. The third-order valence-electron chi connectivity index (χ3n) is 3.59. The molecule has 0 aromatic carbocycles. The van der Waals surface area contributed by atoms with E-state index in [2.05, 4.69) is 10.6 Å². The van der Waals surface area contributed by atoms with E-state index in [0.29, 0.717) is 13.0 Å². The highest BCUT2D eigenvalue weighted by atomic mass is 32.2. The first-order chi connectivity index (χ1) is 8.38. The summed E-state index contributed by atoms with van der Waals surface area (Å²) in [5.41, 5.74) is 9.77. The first-order valence-corrected chi connectivity index (χ1v) is 8.05. The van der Waals surface area contributed by atoms with Crippen LogP contribution < -0.4 is 10.9 Å². The lowest BCUT2D eigenvalue weighted by Gasteiger charge is -2.21. The van der Waals surface area contributed by atoms with Crippen LogP contribution in [0.3, 0.4) is 0 Å². The molecule has 1 atom stereocenters. The molecule has 0 bridgehead atoms. The number of hydrogen-bond acceptors (Lipinski definition) is 3. The van der Waals surface area contributed by atoms with E-state index < -0.39 is 10.0 Å².